The standard InChI is InChI=1S/C14H24ClNO/c1-13(2)7-11-8-14(3,9-13)10-16(11)12(17)5-4-6-15/h11H,4-10H2,1-3H3. The highest BCUT2D eigenvalue weighted by Crippen LogP contribution is 2.52. The Labute approximate surface area is 110 Å². The summed E-state index contributed by atoms with van der Waals surface area (Å²) in [7, 11) is 0. The Morgan fingerprint density at radius 1 is 1.35 bits per heavy atom. The van der Waals surface area contributed by atoms with E-state index in [4.69, 9.17) is 11.6 Å². The maximum absolute atomic E-state index is 12.2. The van der Waals surface area contributed by atoms with Gasteiger partial charge in [-0.05, 0) is 36.5 Å². The van der Waals surface area contributed by atoms with Gasteiger partial charge in [0.05, 0.1) is 0 Å². The molecule has 2 fully saturated rings. The molecule has 1 amide bonds. The fourth-order valence-electron chi connectivity index (χ4n) is 4.11. The van der Waals surface area contributed by atoms with Gasteiger partial charge in [-0.2, -0.15) is 0 Å². The molecule has 2 nitrogen and oxygen atoms in total. The van der Waals surface area contributed by atoms with E-state index in [2.05, 4.69) is 25.7 Å². The molecule has 1 heterocycles. The molecule has 0 radical (unpaired) electrons. The lowest BCUT2D eigenvalue weighted by Crippen LogP contribution is -2.37. The number of hydrogen-bond donors (Lipinski definition) is 0. The van der Waals surface area contributed by atoms with Crippen LogP contribution in [-0.4, -0.2) is 29.3 Å². The first-order chi connectivity index (χ1) is 7.85. The van der Waals surface area contributed by atoms with E-state index in [0.29, 0.717) is 35.1 Å². The van der Waals surface area contributed by atoms with Gasteiger partial charge in [0, 0.05) is 24.9 Å². The molecular weight excluding hydrogens is 234 g/mol. The zero-order chi connectivity index (χ0) is 12.7. The summed E-state index contributed by atoms with van der Waals surface area (Å²) in [4.78, 5) is 14.3. The molecule has 98 valence electrons. The summed E-state index contributed by atoms with van der Waals surface area (Å²) >= 11 is 5.67. The number of carbonyl (C=O) groups excluding carboxylic acids is 1. The van der Waals surface area contributed by atoms with Crippen LogP contribution in [0.1, 0.15) is 52.9 Å². The number of halogens is 1. The van der Waals surface area contributed by atoms with Crippen molar-refractivity contribution in [1.82, 2.24) is 4.90 Å². The summed E-state index contributed by atoms with van der Waals surface area (Å²) in [5, 5.41) is 0. The van der Waals surface area contributed by atoms with E-state index in [1.165, 1.54) is 12.8 Å². The molecule has 2 aliphatic rings. The smallest absolute Gasteiger partial charge is 0.222 e. The first-order valence-corrected chi connectivity index (χ1v) is 7.24. The largest absolute Gasteiger partial charge is 0.339 e. The van der Waals surface area contributed by atoms with Crippen LogP contribution in [0.2, 0.25) is 0 Å². The normalized spacial score (nSPS) is 35.1. The molecule has 2 bridgehead atoms. The van der Waals surface area contributed by atoms with E-state index in [-0.39, 0.29) is 0 Å². The minimum absolute atomic E-state index is 0.317. The summed E-state index contributed by atoms with van der Waals surface area (Å²) in [6, 6.07) is 0.478. The number of hydrogen-bond acceptors (Lipinski definition) is 1. The molecule has 17 heavy (non-hydrogen) atoms. The maximum atomic E-state index is 12.2. The fourth-order valence-corrected chi connectivity index (χ4v) is 4.25. The molecule has 0 aromatic heterocycles. The van der Waals surface area contributed by atoms with E-state index in [9.17, 15) is 4.79 Å². The quantitative estimate of drug-likeness (QED) is 0.710. The number of rotatable bonds is 3. The Balaban J connectivity index is 2.05. The third-order valence-corrected chi connectivity index (χ3v) is 4.53. The fraction of sp³-hybridized carbons (Fsp3) is 0.929. The molecule has 1 aliphatic heterocycles. The second-order valence-corrected chi connectivity index (χ2v) is 7.41. The van der Waals surface area contributed by atoms with Gasteiger partial charge in [-0.1, -0.05) is 20.8 Å². The second-order valence-electron chi connectivity index (χ2n) is 7.03. The maximum Gasteiger partial charge on any atom is 0.222 e. The van der Waals surface area contributed by atoms with Crippen molar-refractivity contribution < 1.29 is 4.79 Å². The predicted molar refractivity (Wildman–Crippen MR) is 71.2 cm³/mol. The highest BCUT2D eigenvalue weighted by Gasteiger charge is 2.50. The topological polar surface area (TPSA) is 20.3 Å². The average molecular weight is 258 g/mol. The zero-order valence-corrected chi connectivity index (χ0v) is 12.0. The number of fused-ring (bicyclic) bond motifs is 2. The van der Waals surface area contributed by atoms with E-state index < -0.39 is 0 Å². The third kappa shape index (κ3) is 2.78. The summed E-state index contributed by atoms with van der Waals surface area (Å²) in [6.45, 7) is 7.98. The Bertz CT molecular complexity index is 315. The Hall–Kier alpha value is -0.240. The van der Waals surface area contributed by atoms with Crippen molar-refractivity contribution in [3.63, 3.8) is 0 Å². The van der Waals surface area contributed by atoms with Crippen LogP contribution in [0.15, 0.2) is 0 Å². The molecular formula is C14H24ClNO. The molecule has 1 saturated carbocycles. The highest BCUT2D eigenvalue weighted by molar-refractivity contribution is 6.17. The lowest BCUT2D eigenvalue weighted by Gasteiger charge is -2.39. The van der Waals surface area contributed by atoms with Gasteiger partial charge in [-0.25, -0.2) is 0 Å². The van der Waals surface area contributed by atoms with Gasteiger partial charge in [0.2, 0.25) is 5.91 Å². The van der Waals surface area contributed by atoms with Crippen molar-refractivity contribution in [2.45, 2.75) is 58.9 Å². The molecule has 0 aromatic rings. The first-order valence-electron chi connectivity index (χ1n) is 6.71. The number of amides is 1. The van der Waals surface area contributed by atoms with Crippen LogP contribution >= 0.6 is 11.6 Å². The number of nitrogens with zero attached hydrogens (tertiary/aromatic N) is 1. The van der Waals surface area contributed by atoms with Crippen LogP contribution < -0.4 is 0 Å². The van der Waals surface area contributed by atoms with Crippen LogP contribution in [0.4, 0.5) is 0 Å². The predicted octanol–water partition coefficient (Wildman–Crippen LogP) is 3.43. The van der Waals surface area contributed by atoms with Crippen LogP contribution in [-0.2, 0) is 4.79 Å². The summed E-state index contributed by atoms with van der Waals surface area (Å²) in [5.74, 6) is 0.907. The van der Waals surface area contributed by atoms with Crippen LogP contribution in [0, 0.1) is 10.8 Å². The minimum atomic E-state index is 0.317. The molecule has 2 unspecified atom stereocenters. The van der Waals surface area contributed by atoms with Crippen LogP contribution in [0.3, 0.4) is 0 Å². The Morgan fingerprint density at radius 3 is 2.71 bits per heavy atom. The molecule has 2 rings (SSSR count). The number of alkyl halides is 1. The van der Waals surface area contributed by atoms with Gasteiger partial charge < -0.3 is 4.90 Å². The number of carbonyl (C=O) groups is 1. The highest BCUT2D eigenvalue weighted by atomic mass is 35.5. The van der Waals surface area contributed by atoms with Crippen LogP contribution in [0.5, 0.6) is 0 Å². The van der Waals surface area contributed by atoms with E-state index in [1.807, 2.05) is 0 Å². The van der Waals surface area contributed by atoms with Crippen molar-refractivity contribution in [3.8, 4) is 0 Å². The first kappa shape index (κ1) is 13.2. The molecule has 0 N–H and O–H groups in total. The van der Waals surface area contributed by atoms with Crippen molar-refractivity contribution in [2.75, 3.05) is 12.4 Å². The van der Waals surface area contributed by atoms with Gasteiger partial charge in [0.1, 0.15) is 0 Å². The lowest BCUT2D eigenvalue weighted by atomic mass is 9.65. The molecule has 1 saturated heterocycles. The van der Waals surface area contributed by atoms with Gasteiger partial charge in [-0.15, -0.1) is 11.6 Å². The number of likely N-dealkylation sites (tertiary alicyclic amines) is 1. The van der Waals surface area contributed by atoms with Gasteiger partial charge in [-0.3, -0.25) is 4.79 Å². The monoisotopic (exact) mass is 257 g/mol. The summed E-state index contributed by atoms with van der Waals surface area (Å²) < 4.78 is 0. The van der Waals surface area contributed by atoms with Crippen molar-refractivity contribution in [2.24, 2.45) is 10.8 Å². The van der Waals surface area contributed by atoms with Gasteiger partial charge in [0.15, 0.2) is 0 Å². The Morgan fingerprint density at radius 2 is 2.06 bits per heavy atom. The van der Waals surface area contributed by atoms with Crippen molar-refractivity contribution in [3.05, 3.63) is 0 Å². The van der Waals surface area contributed by atoms with E-state index >= 15 is 0 Å². The van der Waals surface area contributed by atoms with Gasteiger partial charge in [0.25, 0.3) is 0 Å². The molecule has 0 aromatic carbocycles. The summed E-state index contributed by atoms with van der Waals surface area (Å²) in [6.07, 6.45) is 5.04. The van der Waals surface area contributed by atoms with E-state index in [1.54, 1.807) is 0 Å². The third-order valence-electron chi connectivity index (χ3n) is 4.26. The van der Waals surface area contributed by atoms with Gasteiger partial charge >= 0.3 is 0 Å². The van der Waals surface area contributed by atoms with Crippen LogP contribution in [0.25, 0.3) is 0 Å². The lowest BCUT2D eigenvalue weighted by molar-refractivity contribution is -0.132. The van der Waals surface area contributed by atoms with Crippen molar-refractivity contribution in [1.29, 1.82) is 0 Å². The van der Waals surface area contributed by atoms with E-state index in [0.717, 1.165) is 19.4 Å². The summed E-state index contributed by atoms with van der Waals surface area (Å²) in [5.41, 5.74) is 0.738. The molecule has 3 heteroatoms. The minimum Gasteiger partial charge on any atom is -0.339 e. The molecule has 1 aliphatic carbocycles. The van der Waals surface area contributed by atoms with Crippen molar-refractivity contribution >= 4 is 17.5 Å². The second kappa shape index (κ2) is 4.46. The Kier molecular flexibility index (Phi) is 3.46. The zero-order valence-electron chi connectivity index (χ0n) is 11.3. The molecule has 0 spiro atoms. The molecule has 2 atom stereocenters. The SMILES string of the molecule is CC1(C)CC2CC(C)(CN2C(=O)CCCCl)C1. The average Bonchev–Trinajstić information content (AvgIpc) is 2.44.